The molecule has 116 valence electrons. The topological polar surface area (TPSA) is 43.8 Å². The van der Waals surface area contributed by atoms with E-state index in [9.17, 15) is 4.79 Å². The Morgan fingerprint density at radius 2 is 1.76 bits per heavy atom. The van der Waals surface area contributed by atoms with E-state index in [1.54, 1.807) is 0 Å². The molecule has 0 saturated carbocycles. The fourth-order valence-electron chi connectivity index (χ4n) is 2.66. The van der Waals surface area contributed by atoms with E-state index in [-0.39, 0.29) is 12.5 Å². The van der Waals surface area contributed by atoms with Crippen molar-refractivity contribution in [2.24, 2.45) is 0 Å². The van der Waals surface area contributed by atoms with Crippen molar-refractivity contribution < 1.29 is 9.90 Å². The molecule has 2 rings (SSSR count). The zero-order valence-electron chi connectivity index (χ0n) is 13.1. The Labute approximate surface area is 127 Å². The Balaban J connectivity index is 1.89. The molecule has 1 saturated heterocycles. The van der Waals surface area contributed by atoms with E-state index in [1.165, 1.54) is 5.56 Å². The Hall–Kier alpha value is -1.39. The zero-order valence-corrected chi connectivity index (χ0v) is 13.1. The maximum atomic E-state index is 12.5. The van der Waals surface area contributed by atoms with E-state index in [1.807, 2.05) is 17.0 Å². The first-order valence-electron chi connectivity index (χ1n) is 7.84. The highest BCUT2D eigenvalue weighted by Crippen LogP contribution is 2.16. The van der Waals surface area contributed by atoms with Crippen LogP contribution in [0.15, 0.2) is 24.3 Å². The average Bonchev–Trinajstić information content (AvgIpc) is 2.53. The molecule has 0 atom stereocenters. The van der Waals surface area contributed by atoms with Crippen LogP contribution < -0.4 is 0 Å². The molecule has 4 nitrogen and oxygen atoms in total. The predicted octanol–water partition coefficient (Wildman–Crippen LogP) is 1.95. The van der Waals surface area contributed by atoms with E-state index >= 15 is 0 Å². The summed E-state index contributed by atoms with van der Waals surface area (Å²) in [6, 6.07) is 7.98. The summed E-state index contributed by atoms with van der Waals surface area (Å²) in [7, 11) is 0. The molecule has 1 aromatic carbocycles. The van der Waals surface area contributed by atoms with Gasteiger partial charge in [-0.2, -0.15) is 0 Å². The fraction of sp³-hybridized carbons (Fsp3) is 0.588. The summed E-state index contributed by atoms with van der Waals surface area (Å²) in [6.45, 7) is 8.81. The van der Waals surface area contributed by atoms with Crippen molar-refractivity contribution in [1.29, 1.82) is 0 Å². The third-order valence-corrected chi connectivity index (χ3v) is 4.12. The summed E-state index contributed by atoms with van der Waals surface area (Å²) in [5, 5.41) is 8.86. The first kappa shape index (κ1) is 16.0. The van der Waals surface area contributed by atoms with Crippen molar-refractivity contribution in [2.45, 2.75) is 26.2 Å². The first-order chi connectivity index (χ1) is 10.1. The van der Waals surface area contributed by atoms with Gasteiger partial charge in [-0.05, 0) is 30.0 Å². The molecule has 1 aliphatic rings. The van der Waals surface area contributed by atoms with Crippen molar-refractivity contribution >= 4 is 5.91 Å². The summed E-state index contributed by atoms with van der Waals surface area (Å²) < 4.78 is 0. The summed E-state index contributed by atoms with van der Waals surface area (Å²) >= 11 is 0. The molecule has 0 aliphatic carbocycles. The number of nitrogens with zero attached hydrogens (tertiary/aromatic N) is 2. The highest BCUT2D eigenvalue weighted by atomic mass is 16.3. The molecular weight excluding hydrogens is 264 g/mol. The van der Waals surface area contributed by atoms with Crippen LogP contribution in [0.1, 0.15) is 42.1 Å². The van der Waals surface area contributed by atoms with Gasteiger partial charge in [-0.1, -0.05) is 26.0 Å². The summed E-state index contributed by atoms with van der Waals surface area (Å²) in [4.78, 5) is 16.7. The van der Waals surface area contributed by atoms with Crippen molar-refractivity contribution in [3.63, 3.8) is 0 Å². The lowest BCUT2D eigenvalue weighted by Crippen LogP contribution is -2.48. The van der Waals surface area contributed by atoms with Gasteiger partial charge in [0.15, 0.2) is 0 Å². The number of aliphatic hydroxyl groups is 1. The Kier molecular flexibility index (Phi) is 5.76. The zero-order chi connectivity index (χ0) is 15.2. The molecule has 1 aromatic rings. The molecule has 1 amide bonds. The number of amides is 1. The third-order valence-electron chi connectivity index (χ3n) is 4.12. The van der Waals surface area contributed by atoms with Crippen LogP contribution in [0.5, 0.6) is 0 Å². The van der Waals surface area contributed by atoms with Crippen LogP contribution in [-0.4, -0.2) is 60.1 Å². The van der Waals surface area contributed by atoms with Crippen molar-refractivity contribution in [3.8, 4) is 0 Å². The van der Waals surface area contributed by atoms with E-state index in [0.717, 1.165) is 44.7 Å². The smallest absolute Gasteiger partial charge is 0.253 e. The Morgan fingerprint density at radius 1 is 1.14 bits per heavy atom. The minimum Gasteiger partial charge on any atom is -0.396 e. The van der Waals surface area contributed by atoms with Crippen LogP contribution in [0, 0.1) is 0 Å². The molecule has 0 radical (unpaired) electrons. The molecule has 4 heteroatoms. The molecule has 1 fully saturated rings. The van der Waals surface area contributed by atoms with Crippen molar-refractivity contribution in [3.05, 3.63) is 35.4 Å². The predicted molar refractivity (Wildman–Crippen MR) is 84.6 cm³/mol. The monoisotopic (exact) mass is 290 g/mol. The second-order valence-corrected chi connectivity index (χ2v) is 5.99. The van der Waals surface area contributed by atoms with Gasteiger partial charge in [-0.3, -0.25) is 9.69 Å². The summed E-state index contributed by atoms with van der Waals surface area (Å²) in [5.74, 6) is 0.622. The van der Waals surface area contributed by atoms with Crippen LogP contribution in [0.25, 0.3) is 0 Å². The molecule has 1 N–H and O–H groups in total. The van der Waals surface area contributed by atoms with E-state index in [2.05, 4.69) is 30.9 Å². The van der Waals surface area contributed by atoms with Gasteiger partial charge in [0.25, 0.3) is 5.91 Å². The van der Waals surface area contributed by atoms with E-state index in [4.69, 9.17) is 5.11 Å². The van der Waals surface area contributed by atoms with Crippen LogP contribution in [0.2, 0.25) is 0 Å². The van der Waals surface area contributed by atoms with Gasteiger partial charge in [0, 0.05) is 44.9 Å². The number of hydrogen-bond acceptors (Lipinski definition) is 3. The first-order valence-corrected chi connectivity index (χ1v) is 7.84. The second-order valence-electron chi connectivity index (χ2n) is 5.99. The van der Waals surface area contributed by atoms with Gasteiger partial charge in [0.05, 0.1) is 0 Å². The normalized spacial score (nSPS) is 16.5. The largest absolute Gasteiger partial charge is 0.396 e. The van der Waals surface area contributed by atoms with Crippen molar-refractivity contribution in [2.75, 3.05) is 39.3 Å². The maximum Gasteiger partial charge on any atom is 0.253 e. The highest BCUT2D eigenvalue weighted by molar-refractivity contribution is 5.94. The van der Waals surface area contributed by atoms with Gasteiger partial charge >= 0.3 is 0 Å². The number of carbonyl (C=O) groups is 1. The molecule has 21 heavy (non-hydrogen) atoms. The quantitative estimate of drug-likeness (QED) is 0.901. The highest BCUT2D eigenvalue weighted by Gasteiger charge is 2.21. The van der Waals surface area contributed by atoms with Crippen LogP contribution in [-0.2, 0) is 0 Å². The minimum absolute atomic E-state index is 0.132. The lowest BCUT2D eigenvalue weighted by molar-refractivity contribution is 0.0629. The maximum absolute atomic E-state index is 12.5. The Morgan fingerprint density at radius 3 is 2.29 bits per heavy atom. The lowest BCUT2D eigenvalue weighted by Gasteiger charge is -2.34. The van der Waals surface area contributed by atoms with Crippen LogP contribution >= 0.6 is 0 Å². The SMILES string of the molecule is CC(C)c1ccc(C(=O)N2CCN(CCCO)CC2)cc1. The number of hydrogen-bond donors (Lipinski definition) is 1. The number of carbonyl (C=O) groups excluding carboxylic acids is 1. The summed E-state index contributed by atoms with van der Waals surface area (Å²) in [5.41, 5.74) is 2.04. The van der Waals surface area contributed by atoms with Gasteiger partial charge in [0.1, 0.15) is 0 Å². The molecule has 0 spiro atoms. The third kappa shape index (κ3) is 4.29. The number of rotatable bonds is 5. The molecule has 0 bridgehead atoms. The summed E-state index contributed by atoms with van der Waals surface area (Å²) in [6.07, 6.45) is 0.810. The molecular formula is C17H26N2O2. The molecule has 0 unspecified atom stereocenters. The number of benzene rings is 1. The van der Waals surface area contributed by atoms with Crippen LogP contribution in [0.3, 0.4) is 0 Å². The van der Waals surface area contributed by atoms with E-state index < -0.39 is 0 Å². The van der Waals surface area contributed by atoms with Crippen LogP contribution in [0.4, 0.5) is 0 Å². The molecule has 0 aromatic heterocycles. The Bertz CT molecular complexity index is 448. The van der Waals surface area contributed by atoms with Gasteiger partial charge in [-0.15, -0.1) is 0 Å². The molecule has 1 aliphatic heterocycles. The fourth-order valence-corrected chi connectivity index (χ4v) is 2.66. The lowest BCUT2D eigenvalue weighted by atomic mass is 10.0. The van der Waals surface area contributed by atoms with E-state index in [0.29, 0.717) is 5.92 Å². The van der Waals surface area contributed by atoms with Gasteiger partial charge < -0.3 is 10.0 Å². The second kappa shape index (κ2) is 7.57. The van der Waals surface area contributed by atoms with Gasteiger partial charge in [-0.25, -0.2) is 0 Å². The molecule has 1 heterocycles. The standard InChI is InChI=1S/C17H26N2O2/c1-14(2)15-4-6-16(7-5-15)17(21)19-11-9-18(10-12-19)8-3-13-20/h4-7,14,20H,3,8-13H2,1-2H3. The average molecular weight is 290 g/mol. The van der Waals surface area contributed by atoms with Gasteiger partial charge in [0.2, 0.25) is 0 Å². The van der Waals surface area contributed by atoms with Crippen molar-refractivity contribution in [1.82, 2.24) is 9.80 Å². The number of piperazine rings is 1. The minimum atomic E-state index is 0.132. The number of aliphatic hydroxyl groups excluding tert-OH is 1.